The summed E-state index contributed by atoms with van der Waals surface area (Å²) in [5, 5.41) is 0. The van der Waals surface area contributed by atoms with Gasteiger partial charge in [0.2, 0.25) is 0 Å². The van der Waals surface area contributed by atoms with Gasteiger partial charge in [-0.1, -0.05) is 57.2 Å². The molecule has 0 heterocycles. The molecule has 0 N–H and O–H groups in total. The molecule has 0 fully saturated rings. The summed E-state index contributed by atoms with van der Waals surface area (Å²) in [6.07, 6.45) is 9.04. The molecular formula is C15H28. The van der Waals surface area contributed by atoms with E-state index in [9.17, 15) is 0 Å². The molecule has 0 aromatic heterocycles. The predicted octanol–water partition coefficient (Wildman–Crippen LogP) is 5.69. The van der Waals surface area contributed by atoms with Gasteiger partial charge in [0, 0.05) is 0 Å². The van der Waals surface area contributed by atoms with E-state index in [-0.39, 0.29) is 0 Å². The Bertz CT molecular complexity index is 192. The second-order valence-electron chi connectivity index (χ2n) is 2.85. The van der Waals surface area contributed by atoms with Gasteiger partial charge in [-0.2, -0.15) is 0 Å². The standard InChI is InChI=1S/C9H14.C4H8.C2H6/c1-5-6-7-9(4)8(2)3;1-3-4-2;1-2/h5-7H,2H2,1,3-4H3;3H,1,4H2,2H3;1-2H3/b6-5-,9-7-;;. The smallest absolute Gasteiger partial charge is 0.0382 e. The molecule has 0 spiro atoms. The Balaban J connectivity index is -0.000000202. The average Bonchev–Trinajstić information content (AvgIpc) is 2.28. The lowest BCUT2D eigenvalue weighted by atomic mass is 10.1. The van der Waals surface area contributed by atoms with Gasteiger partial charge in [-0.25, -0.2) is 0 Å². The Morgan fingerprint density at radius 1 is 1.20 bits per heavy atom. The van der Waals surface area contributed by atoms with Gasteiger partial charge in [0.15, 0.2) is 0 Å². The van der Waals surface area contributed by atoms with Crippen LogP contribution in [0.15, 0.2) is 48.6 Å². The van der Waals surface area contributed by atoms with Crippen molar-refractivity contribution in [3.8, 4) is 0 Å². The topological polar surface area (TPSA) is 0 Å². The molecule has 15 heavy (non-hydrogen) atoms. The summed E-state index contributed by atoms with van der Waals surface area (Å²) in [4.78, 5) is 0. The van der Waals surface area contributed by atoms with Gasteiger partial charge in [-0.05, 0) is 32.8 Å². The summed E-state index contributed by atoms with van der Waals surface area (Å²) in [6.45, 7) is 19.4. The molecule has 0 rings (SSSR count). The second-order valence-corrected chi connectivity index (χ2v) is 2.85. The zero-order valence-electron chi connectivity index (χ0n) is 11.4. The summed E-state index contributed by atoms with van der Waals surface area (Å²) in [5.74, 6) is 0. The molecule has 0 aliphatic heterocycles. The van der Waals surface area contributed by atoms with Crippen molar-refractivity contribution >= 4 is 0 Å². The minimum atomic E-state index is 1.08. The highest BCUT2D eigenvalue weighted by Crippen LogP contribution is 2.03. The van der Waals surface area contributed by atoms with Gasteiger partial charge in [-0.3, -0.25) is 0 Å². The molecule has 88 valence electrons. The molecule has 0 aliphatic carbocycles. The van der Waals surface area contributed by atoms with Crippen LogP contribution in [0.5, 0.6) is 0 Å². The van der Waals surface area contributed by atoms with Crippen molar-refractivity contribution in [1.29, 1.82) is 0 Å². The van der Waals surface area contributed by atoms with E-state index >= 15 is 0 Å². The lowest BCUT2D eigenvalue weighted by Gasteiger charge is -1.93. The van der Waals surface area contributed by atoms with Crippen LogP contribution in [-0.4, -0.2) is 0 Å². The van der Waals surface area contributed by atoms with Gasteiger partial charge in [-0.15, -0.1) is 6.58 Å². The van der Waals surface area contributed by atoms with Gasteiger partial charge in [0.25, 0.3) is 0 Å². The van der Waals surface area contributed by atoms with Crippen LogP contribution in [0.2, 0.25) is 0 Å². The second kappa shape index (κ2) is 18.7. The first-order valence-electron chi connectivity index (χ1n) is 5.66. The largest absolute Gasteiger partial charge is 0.103 e. The quantitative estimate of drug-likeness (QED) is 0.412. The Hall–Kier alpha value is -1.04. The molecule has 0 bridgehead atoms. The summed E-state index contributed by atoms with van der Waals surface area (Å²) in [6, 6.07) is 0. The molecule has 0 atom stereocenters. The van der Waals surface area contributed by atoms with E-state index in [1.54, 1.807) is 0 Å². The minimum absolute atomic E-state index is 1.08. The zero-order valence-corrected chi connectivity index (χ0v) is 11.4. The molecule has 0 saturated carbocycles. The molecular weight excluding hydrogens is 180 g/mol. The normalized spacial score (nSPS) is 9.60. The molecule has 0 nitrogen and oxygen atoms in total. The van der Waals surface area contributed by atoms with Crippen LogP contribution in [0.25, 0.3) is 0 Å². The average molecular weight is 208 g/mol. The summed E-state index contributed by atoms with van der Waals surface area (Å²) in [5.41, 5.74) is 2.38. The van der Waals surface area contributed by atoms with E-state index in [0.29, 0.717) is 0 Å². The Morgan fingerprint density at radius 3 is 1.80 bits per heavy atom. The molecule has 0 aromatic carbocycles. The zero-order chi connectivity index (χ0) is 12.7. The highest BCUT2D eigenvalue weighted by atomic mass is 13.9. The van der Waals surface area contributed by atoms with Crippen LogP contribution < -0.4 is 0 Å². The molecule has 0 saturated heterocycles. The lowest BCUT2D eigenvalue weighted by Crippen LogP contribution is -1.72. The van der Waals surface area contributed by atoms with E-state index in [2.05, 4.69) is 33.1 Å². The number of hydrogen-bond acceptors (Lipinski definition) is 0. The highest BCUT2D eigenvalue weighted by molar-refractivity contribution is 5.27. The maximum absolute atomic E-state index is 3.81. The predicted molar refractivity (Wildman–Crippen MR) is 75.2 cm³/mol. The summed E-state index contributed by atoms with van der Waals surface area (Å²) < 4.78 is 0. The third-order valence-corrected chi connectivity index (χ3v) is 1.50. The number of hydrogen-bond donors (Lipinski definition) is 0. The van der Waals surface area contributed by atoms with Crippen molar-refractivity contribution in [3.05, 3.63) is 48.6 Å². The van der Waals surface area contributed by atoms with Crippen molar-refractivity contribution in [2.45, 2.75) is 48.0 Å². The van der Waals surface area contributed by atoms with Crippen molar-refractivity contribution in [1.82, 2.24) is 0 Å². The monoisotopic (exact) mass is 208 g/mol. The fraction of sp³-hybridized carbons (Fsp3) is 0.467. The molecule has 0 aliphatic rings. The Morgan fingerprint density at radius 2 is 1.60 bits per heavy atom. The molecule has 0 aromatic rings. The maximum atomic E-state index is 3.81. The van der Waals surface area contributed by atoms with Crippen molar-refractivity contribution in [2.75, 3.05) is 0 Å². The third-order valence-electron chi connectivity index (χ3n) is 1.50. The number of allylic oxidation sites excluding steroid dienone is 6. The van der Waals surface area contributed by atoms with E-state index < -0.39 is 0 Å². The Kier molecular flexibility index (Phi) is 24.3. The van der Waals surface area contributed by atoms with E-state index in [1.165, 1.54) is 5.57 Å². The SMILES string of the molecule is C=C(C)/C(C)=C\C=C/C.C=CCC.CC. The minimum Gasteiger partial charge on any atom is -0.103 e. The fourth-order valence-electron chi connectivity index (χ4n) is 0.383. The van der Waals surface area contributed by atoms with Crippen LogP contribution in [-0.2, 0) is 0 Å². The van der Waals surface area contributed by atoms with Crippen LogP contribution >= 0.6 is 0 Å². The van der Waals surface area contributed by atoms with Crippen molar-refractivity contribution < 1.29 is 0 Å². The third kappa shape index (κ3) is 24.6. The molecule has 0 unspecified atom stereocenters. The van der Waals surface area contributed by atoms with Gasteiger partial charge in [0.1, 0.15) is 0 Å². The molecule has 0 amide bonds. The van der Waals surface area contributed by atoms with Crippen molar-refractivity contribution in [3.63, 3.8) is 0 Å². The first kappa shape index (κ1) is 19.5. The van der Waals surface area contributed by atoms with E-state index in [0.717, 1.165) is 12.0 Å². The van der Waals surface area contributed by atoms with Gasteiger partial charge in [0.05, 0.1) is 0 Å². The summed E-state index contributed by atoms with van der Waals surface area (Å²) in [7, 11) is 0. The Labute approximate surface area is 97.1 Å². The van der Waals surface area contributed by atoms with E-state index in [1.807, 2.05) is 45.9 Å². The first-order valence-corrected chi connectivity index (χ1v) is 5.66. The highest BCUT2D eigenvalue weighted by Gasteiger charge is 1.83. The van der Waals surface area contributed by atoms with Crippen LogP contribution in [0, 0.1) is 0 Å². The maximum Gasteiger partial charge on any atom is -0.0382 e. The summed E-state index contributed by atoms with van der Waals surface area (Å²) >= 11 is 0. The molecule has 0 heteroatoms. The van der Waals surface area contributed by atoms with E-state index in [4.69, 9.17) is 0 Å². The fourth-order valence-corrected chi connectivity index (χ4v) is 0.383. The first-order chi connectivity index (χ1) is 7.09. The van der Waals surface area contributed by atoms with Crippen molar-refractivity contribution in [2.24, 2.45) is 0 Å². The van der Waals surface area contributed by atoms with Crippen LogP contribution in [0.1, 0.15) is 48.0 Å². The van der Waals surface area contributed by atoms with Crippen LogP contribution in [0.3, 0.4) is 0 Å². The number of rotatable bonds is 3. The molecule has 0 radical (unpaired) electrons. The van der Waals surface area contributed by atoms with Crippen LogP contribution in [0.4, 0.5) is 0 Å². The van der Waals surface area contributed by atoms with Gasteiger partial charge < -0.3 is 0 Å². The lowest BCUT2D eigenvalue weighted by molar-refractivity contribution is 1.23. The van der Waals surface area contributed by atoms with Gasteiger partial charge >= 0.3 is 0 Å².